The molecule has 0 unspecified atom stereocenters. The number of nitrogens with one attached hydrogen (secondary N) is 1. The molecular weight excluding hydrogens is 472 g/mol. The van der Waals surface area contributed by atoms with E-state index in [-0.39, 0.29) is 24.3 Å². The molecule has 0 saturated carbocycles. The molecule has 0 atom stereocenters. The van der Waals surface area contributed by atoms with Crippen LogP contribution >= 0.6 is 15.9 Å². The summed E-state index contributed by atoms with van der Waals surface area (Å²) in [7, 11) is 0. The number of carbonyl (C=O) groups is 3. The molecule has 0 radical (unpaired) electrons. The minimum atomic E-state index is -0.748. The van der Waals surface area contributed by atoms with E-state index in [0.717, 1.165) is 10.2 Å². The fourth-order valence-electron chi connectivity index (χ4n) is 4.63. The van der Waals surface area contributed by atoms with Crippen molar-refractivity contribution in [2.45, 2.75) is 25.3 Å². The van der Waals surface area contributed by atoms with E-state index in [1.807, 2.05) is 66.4 Å². The Bertz CT molecular complexity index is 1010. The zero-order valence-corrected chi connectivity index (χ0v) is 19.7. The van der Waals surface area contributed by atoms with Crippen molar-refractivity contribution < 1.29 is 14.4 Å². The molecular formula is C24H27BrN4O3. The topological polar surface area (TPSA) is 73.0 Å². The third-order valence-electron chi connectivity index (χ3n) is 6.24. The smallest absolute Gasteiger partial charge is 0.253 e. The molecule has 3 amide bonds. The van der Waals surface area contributed by atoms with Crippen LogP contribution in [0.15, 0.2) is 59.1 Å². The van der Waals surface area contributed by atoms with Crippen molar-refractivity contribution in [1.29, 1.82) is 0 Å². The summed E-state index contributed by atoms with van der Waals surface area (Å²) in [6.45, 7) is 3.75. The molecule has 4 rings (SSSR count). The van der Waals surface area contributed by atoms with Crippen molar-refractivity contribution in [3.8, 4) is 0 Å². The predicted octanol–water partition coefficient (Wildman–Crippen LogP) is 2.87. The number of amides is 3. The number of likely N-dealkylation sites (tertiary alicyclic amines) is 1. The van der Waals surface area contributed by atoms with Gasteiger partial charge < -0.3 is 20.0 Å². The Morgan fingerprint density at radius 3 is 2.44 bits per heavy atom. The SMILES string of the molecule is CCNC(=O)CN1CN(c2ccccc2)C2(CCN(C(=O)c3cccc(Br)c3)CC2)C1=O. The first kappa shape index (κ1) is 22.3. The third-order valence-corrected chi connectivity index (χ3v) is 6.73. The summed E-state index contributed by atoms with van der Waals surface area (Å²) in [5, 5.41) is 2.78. The molecule has 2 fully saturated rings. The van der Waals surface area contributed by atoms with Crippen molar-refractivity contribution in [2.24, 2.45) is 0 Å². The molecule has 8 heteroatoms. The number of piperidine rings is 1. The lowest BCUT2D eigenvalue weighted by molar-refractivity contribution is -0.137. The number of nitrogens with zero attached hydrogens (tertiary/aromatic N) is 3. The standard InChI is InChI=1S/C24H27BrN4O3/c1-2-26-21(30)16-28-17-29(20-9-4-3-5-10-20)24(23(28)32)11-13-27(14-12-24)22(31)18-7-6-8-19(25)15-18/h3-10,15H,2,11-14,16-17H2,1H3,(H,26,30). The summed E-state index contributed by atoms with van der Waals surface area (Å²) in [6.07, 6.45) is 1.04. The third kappa shape index (κ3) is 4.24. The first-order valence-corrected chi connectivity index (χ1v) is 11.7. The van der Waals surface area contributed by atoms with Crippen LogP contribution < -0.4 is 10.2 Å². The highest BCUT2D eigenvalue weighted by Gasteiger charge is 2.54. The van der Waals surface area contributed by atoms with E-state index in [1.165, 1.54) is 0 Å². The van der Waals surface area contributed by atoms with Gasteiger partial charge in [0.25, 0.3) is 11.8 Å². The maximum absolute atomic E-state index is 13.6. The van der Waals surface area contributed by atoms with Crippen LogP contribution in [0.4, 0.5) is 5.69 Å². The van der Waals surface area contributed by atoms with Crippen LogP contribution in [0.3, 0.4) is 0 Å². The van der Waals surface area contributed by atoms with E-state index in [1.54, 1.807) is 4.90 Å². The van der Waals surface area contributed by atoms with Crippen LogP contribution in [0.25, 0.3) is 0 Å². The van der Waals surface area contributed by atoms with Gasteiger partial charge in [-0.1, -0.05) is 40.2 Å². The van der Waals surface area contributed by atoms with E-state index in [4.69, 9.17) is 0 Å². The first-order chi connectivity index (χ1) is 15.4. The number of rotatable bonds is 5. The van der Waals surface area contributed by atoms with Gasteiger partial charge in [0.15, 0.2) is 0 Å². The largest absolute Gasteiger partial charge is 0.355 e. The Morgan fingerprint density at radius 2 is 1.78 bits per heavy atom. The van der Waals surface area contributed by atoms with Crippen molar-refractivity contribution in [3.63, 3.8) is 0 Å². The molecule has 2 aliphatic rings. The molecule has 2 aromatic carbocycles. The molecule has 168 valence electrons. The minimum absolute atomic E-state index is 0.0305. The minimum Gasteiger partial charge on any atom is -0.355 e. The molecule has 2 saturated heterocycles. The van der Waals surface area contributed by atoms with Crippen LogP contribution in [-0.2, 0) is 9.59 Å². The monoisotopic (exact) mass is 498 g/mol. The number of likely N-dealkylation sites (N-methyl/N-ethyl adjacent to an activating group) is 1. The summed E-state index contributed by atoms with van der Waals surface area (Å²) in [5.41, 5.74) is 0.832. The summed E-state index contributed by atoms with van der Waals surface area (Å²) < 4.78 is 0.860. The second-order valence-electron chi connectivity index (χ2n) is 8.20. The lowest BCUT2D eigenvalue weighted by Crippen LogP contribution is -2.57. The molecule has 32 heavy (non-hydrogen) atoms. The summed E-state index contributed by atoms with van der Waals surface area (Å²) in [4.78, 5) is 44.4. The number of para-hydroxylation sites is 1. The van der Waals surface area contributed by atoms with E-state index in [2.05, 4.69) is 26.1 Å². The maximum Gasteiger partial charge on any atom is 0.253 e. The molecule has 2 aromatic rings. The van der Waals surface area contributed by atoms with E-state index >= 15 is 0 Å². The van der Waals surface area contributed by atoms with Gasteiger partial charge in [-0.05, 0) is 50.1 Å². The van der Waals surface area contributed by atoms with Crippen molar-refractivity contribution in [3.05, 3.63) is 64.6 Å². The average molecular weight is 499 g/mol. The molecule has 0 aromatic heterocycles. The van der Waals surface area contributed by atoms with Gasteiger partial charge in [-0.15, -0.1) is 0 Å². The fraction of sp³-hybridized carbons (Fsp3) is 0.375. The van der Waals surface area contributed by atoms with Gasteiger partial charge in [0.1, 0.15) is 12.1 Å². The highest BCUT2D eigenvalue weighted by Crippen LogP contribution is 2.39. The second-order valence-corrected chi connectivity index (χ2v) is 9.11. The Hall–Kier alpha value is -2.87. The van der Waals surface area contributed by atoms with Crippen molar-refractivity contribution >= 4 is 39.3 Å². The van der Waals surface area contributed by atoms with Gasteiger partial charge in [0.05, 0.1) is 6.67 Å². The average Bonchev–Trinajstić information content (AvgIpc) is 3.06. The highest BCUT2D eigenvalue weighted by atomic mass is 79.9. The van der Waals surface area contributed by atoms with Gasteiger partial charge in [0.2, 0.25) is 5.91 Å². The number of halogens is 1. The second kappa shape index (κ2) is 9.32. The Balaban J connectivity index is 1.56. The van der Waals surface area contributed by atoms with Gasteiger partial charge in [-0.2, -0.15) is 0 Å². The van der Waals surface area contributed by atoms with Crippen LogP contribution in [0.5, 0.6) is 0 Å². The summed E-state index contributed by atoms with van der Waals surface area (Å²) in [6, 6.07) is 17.2. The maximum atomic E-state index is 13.6. The van der Waals surface area contributed by atoms with Crippen molar-refractivity contribution in [2.75, 3.05) is 37.7 Å². The number of hydrogen-bond donors (Lipinski definition) is 1. The number of carbonyl (C=O) groups excluding carboxylic acids is 3. The number of anilines is 1. The fourth-order valence-corrected chi connectivity index (χ4v) is 5.03. The van der Waals surface area contributed by atoms with Crippen LogP contribution in [-0.4, -0.2) is 65.9 Å². The highest BCUT2D eigenvalue weighted by molar-refractivity contribution is 9.10. The molecule has 0 bridgehead atoms. The molecule has 0 aliphatic carbocycles. The van der Waals surface area contributed by atoms with Crippen LogP contribution in [0.1, 0.15) is 30.1 Å². The van der Waals surface area contributed by atoms with Gasteiger partial charge in [-0.3, -0.25) is 14.4 Å². The summed E-state index contributed by atoms with van der Waals surface area (Å²) >= 11 is 3.42. The van der Waals surface area contributed by atoms with E-state index in [0.29, 0.717) is 44.7 Å². The number of benzene rings is 2. The normalized spacial score (nSPS) is 17.7. The van der Waals surface area contributed by atoms with Crippen molar-refractivity contribution in [1.82, 2.24) is 15.1 Å². The first-order valence-electron chi connectivity index (χ1n) is 10.9. The summed E-state index contributed by atoms with van der Waals surface area (Å²) in [5.74, 6) is -0.229. The Labute approximate surface area is 196 Å². The van der Waals surface area contributed by atoms with Gasteiger partial charge in [0, 0.05) is 35.4 Å². The van der Waals surface area contributed by atoms with E-state index in [9.17, 15) is 14.4 Å². The van der Waals surface area contributed by atoms with Crippen LogP contribution in [0.2, 0.25) is 0 Å². The molecule has 1 spiro atoms. The Morgan fingerprint density at radius 1 is 1.06 bits per heavy atom. The van der Waals surface area contributed by atoms with E-state index < -0.39 is 5.54 Å². The molecule has 2 heterocycles. The molecule has 7 nitrogen and oxygen atoms in total. The molecule has 1 N–H and O–H groups in total. The zero-order chi connectivity index (χ0) is 22.7. The lowest BCUT2D eigenvalue weighted by Gasteiger charge is -2.43. The lowest BCUT2D eigenvalue weighted by atomic mass is 9.85. The Kier molecular flexibility index (Phi) is 6.50. The zero-order valence-electron chi connectivity index (χ0n) is 18.1. The molecule has 2 aliphatic heterocycles. The van der Waals surface area contributed by atoms with Gasteiger partial charge in [-0.25, -0.2) is 0 Å². The van der Waals surface area contributed by atoms with Gasteiger partial charge >= 0.3 is 0 Å². The van der Waals surface area contributed by atoms with Crippen LogP contribution in [0, 0.1) is 0 Å². The predicted molar refractivity (Wildman–Crippen MR) is 126 cm³/mol. The number of hydrogen-bond acceptors (Lipinski definition) is 4. The quantitative estimate of drug-likeness (QED) is 0.687.